The SMILES string of the molecule is O=[N+]([O-])c1ccc(NCc2ccn[nH]2)cc1Cl. The van der Waals surface area contributed by atoms with Crippen molar-refractivity contribution in [3.63, 3.8) is 0 Å². The van der Waals surface area contributed by atoms with E-state index in [4.69, 9.17) is 11.6 Å². The fraction of sp³-hybridized carbons (Fsp3) is 0.100. The first-order valence-electron chi connectivity index (χ1n) is 4.83. The Morgan fingerprint density at radius 1 is 1.47 bits per heavy atom. The first-order chi connectivity index (χ1) is 8.16. The van der Waals surface area contributed by atoms with Crippen LogP contribution >= 0.6 is 11.6 Å². The Bertz CT molecular complexity index is 527. The molecule has 2 aromatic rings. The lowest BCUT2D eigenvalue weighted by atomic mass is 10.2. The molecule has 1 heterocycles. The zero-order valence-corrected chi connectivity index (χ0v) is 9.44. The number of nitrogens with zero attached hydrogens (tertiary/aromatic N) is 2. The topological polar surface area (TPSA) is 83.8 Å². The summed E-state index contributed by atoms with van der Waals surface area (Å²) in [7, 11) is 0. The maximum absolute atomic E-state index is 10.6. The molecule has 0 aliphatic carbocycles. The minimum atomic E-state index is -0.513. The zero-order valence-electron chi connectivity index (χ0n) is 8.68. The van der Waals surface area contributed by atoms with Gasteiger partial charge >= 0.3 is 0 Å². The smallest absolute Gasteiger partial charge is 0.288 e. The van der Waals surface area contributed by atoms with E-state index in [1.807, 2.05) is 6.07 Å². The van der Waals surface area contributed by atoms with Crippen LogP contribution in [-0.2, 0) is 6.54 Å². The van der Waals surface area contributed by atoms with Crippen LogP contribution < -0.4 is 5.32 Å². The molecule has 0 saturated carbocycles. The second-order valence-corrected chi connectivity index (χ2v) is 3.77. The largest absolute Gasteiger partial charge is 0.379 e. The molecule has 0 saturated heterocycles. The van der Waals surface area contributed by atoms with Gasteiger partial charge in [0.05, 0.1) is 17.2 Å². The number of aromatic amines is 1. The van der Waals surface area contributed by atoms with Gasteiger partial charge in [-0.25, -0.2) is 0 Å². The second kappa shape index (κ2) is 4.84. The van der Waals surface area contributed by atoms with Gasteiger partial charge in [-0.1, -0.05) is 11.6 Å². The second-order valence-electron chi connectivity index (χ2n) is 3.36. The first-order valence-corrected chi connectivity index (χ1v) is 5.20. The van der Waals surface area contributed by atoms with E-state index in [2.05, 4.69) is 15.5 Å². The molecule has 0 fully saturated rings. The summed E-state index contributed by atoms with van der Waals surface area (Å²) in [5.41, 5.74) is 1.54. The standard InChI is InChI=1S/C10H9ClN4O2/c11-9-5-7(1-2-10(9)15(16)17)12-6-8-3-4-13-14-8/h1-5,12H,6H2,(H,13,14). The van der Waals surface area contributed by atoms with Crippen molar-refractivity contribution in [3.8, 4) is 0 Å². The number of nitro benzene ring substituents is 1. The van der Waals surface area contributed by atoms with E-state index in [0.29, 0.717) is 6.54 Å². The van der Waals surface area contributed by atoms with Crippen LogP contribution in [0.5, 0.6) is 0 Å². The lowest BCUT2D eigenvalue weighted by Crippen LogP contribution is -2.00. The minimum Gasteiger partial charge on any atom is -0.379 e. The summed E-state index contributed by atoms with van der Waals surface area (Å²) in [6, 6.07) is 6.34. The predicted octanol–water partition coefficient (Wildman–Crippen LogP) is 2.58. The van der Waals surface area contributed by atoms with E-state index in [-0.39, 0.29) is 10.7 Å². The number of hydrogen-bond acceptors (Lipinski definition) is 4. The van der Waals surface area contributed by atoms with Crippen molar-refractivity contribution in [2.24, 2.45) is 0 Å². The summed E-state index contributed by atoms with van der Waals surface area (Å²) < 4.78 is 0. The van der Waals surface area contributed by atoms with Crippen LogP contribution in [0.3, 0.4) is 0 Å². The average Bonchev–Trinajstić information content (AvgIpc) is 2.78. The molecule has 0 aliphatic heterocycles. The van der Waals surface area contributed by atoms with Gasteiger partial charge in [-0.15, -0.1) is 0 Å². The van der Waals surface area contributed by atoms with Gasteiger partial charge in [-0.05, 0) is 18.2 Å². The molecule has 2 N–H and O–H groups in total. The summed E-state index contributed by atoms with van der Waals surface area (Å²) >= 11 is 5.78. The van der Waals surface area contributed by atoms with Crippen LogP contribution in [0.1, 0.15) is 5.69 Å². The van der Waals surface area contributed by atoms with Crippen LogP contribution in [0, 0.1) is 10.1 Å². The number of halogens is 1. The van der Waals surface area contributed by atoms with Crippen LogP contribution in [0.25, 0.3) is 0 Å². The Hall–Kier alpha value is -2.08. The summed E-state index contributed by atoms with van der Waals surface area (Å²) in [4.78, 5) is 10.1. The third-order valence-electron chi connectivity index (χ3n) is 2.19. The highest BCUT2D eigenvalue weighted by molar-refractivity contribution is 6.32. The Balaban J connectivity index is 2.07. The number of benzene rings is 1. The molecule has 7 heteroatoms. The van der Waals surface area contributed by atoms with Crippen LogP contribution in [-0.4, -0.2) is 15.1 Å². The van der Waals surface area contributed by atoms with E-state index in [1.54, 1.807) is 12.3 Å². The third-order valence-corrected chi connectivity index (χ3v) is 2.49. The van der Waals surface area contributed by atoms with E-state index in [9.17, 15) is 10.1 Å². The number of nitrogens with one attached hydrogen (secondary N) is 2. The summed E-state index contributed by atoms with van der Waals surface area (Å²) in [6.07, 6.45) is 1.65. The molecule has 6 nitrogen and oxygen atoms in total. The van der Waals surface area contributed by atoms with Gasteiger partial charge in [0, 0.05) is 18.0 Å². The summed E-state index contributed by atoms with van der Waals surface area (Å²) in [6.45, 7) is 0.550. The van der Waals surface area contributed by atoms with Gasteiger partial charge < -0.3 is 5.32 Å². The molecule has 1 aromatic carbocycles. The van der Waals surface area contributed by atoms with Gasteiger partial charge in [0.2, 0.25) is 0 Å². The molecule has 17 heavy (non-hydrogen) atoms. The molecule has 0 unspecified atom stereocenters. The van der Waals surface area contributed by atoms with E-state index < -0.39 is 4.92 Å². The van der Waals surface area contributed by atoms with Gasteiger partial charge in [0.15, 0.2) is 0 Å². The predicted molar refractivity (Wildman–Crippen MR) is 64.0 cm³/mol. The van der Waals surface area contributed by atoms with Crippen LogP contribution in [0.15, 0.2) is 30.5 Å². The average molecular weight is 253 g/mol. The molecule has 0 radical (unpaired) electrons. The van der Waals surface area contributed by atoms with Crippen molar-refractivity contribution in [2.45, 2.75) is 6.54 Å². The van der Waals surface area contributed by atoms with Crippen LogP contribution in [0.4, 0.5) is 11.4 Å². The highest BCUT2D eigenvalue weighted by Crippen LogP contribution is 2.27. The lowest BCUT2D eigenvalue weighted by molar-refractivity contribution is -0.384. The Kier molecular flexibility index (Phi) is 3.24. The monoisotopic (exact) mass is 252 g/mol. The number of nitro groups is 1. The third kappa shape index (κ3) is 2.73. The molecular weight excluding hydrogens is 244 g/mol. The van der Waals surface area contributed by atoms with Crippen molar-refractivity contribution in [3.05, 3.63) is 51.3 Å². The number of H-pyrrole nitrogens is 1. The summed E-state index contributed by atoms with van der Waals surface area (Å²) in [5.74, 6) is 0. The van der Waals surface area contributed by atoms with E-state index >= 15 is 0 Å². The van der Waals surface area contributed by atoms with Crippen molar-refractivity contribution >= 4 is 23.0 Å². The number of rotatable bonds is 4. The molecule has 88 valence electrons. The highest BCUT2D eigenvalue weighted by Gasteiger charge is 2.11. The van der Waals surface area contributed by atoms with Crippen molar-refractivity contribution < 1.29 is 4.92 Å². The van der Waals surface area contributed by atoms with Crippen molar-refractivity contribution in [1.29, 1.82) is 0 Å². The summed E-state index contributed by atoms with van der Waals surface area (Å²) in [5, 5.41) is 20.4. The molecule has 2 rings (SSSR count). The van der Waals surface area contributed by atoms with Crippen molar-refractivity contribution in [2.75, 3.05) is 5.32 Å². The van der Waals surface area contributed by atoms with Crippen LogP contribution in [0.2, 0.25) is 5.02 Å². The fourth-order valence-electron chi connectivity index (χ4n) is 1.35. The van der Waals surface area contributed by atoms with Gasteiger partial charge in [-0.2, -0.15) is 5.10 Å². The van der Waals surface area contributed by atoms with Gasteiger partial charge in [0.25, 0.3) is 5.69 Å². The molecule has 1 aromatic heterocycles. The number of aromatic nitrogens is 2. The fourth-order valence-corrected chi connectivity index (χ4v) is 1.59. The molecule has 0 amide bonds. The van der Waals surface area contributed by atoms with E-state index in [1.165, 1.54) is 12.1 Å². The quantitative estimate of drug-likeness (QED) is 0.647. The maximum atomic E-state index is 10.6. The van der Waals surface area contributed by atoms with Gasteiger partial charge in [0.1, 0.15) is 5.02 Å². The minimum absolute atomic E-state index is 0.0984. The Morgan fingerprint density at radius 2 is 2.29 bits per heavy atom. The first kappa shape index (κ1) is 11.4. The number of hydrogen-bond donors (Lipinski definition) is 2. The Morgan fingerprint density at radius 3 is 2.88 bits per heavy atom. The molecule has 0 aliphatic rings. The molecule has 0 spiro atoms. The Labute approximate surface area is 102 Å². The molecule has 0 bridgehead atoms. The number of anilines is 1. The van der Waals surface area contributed by atoms with Crippen molar-refractivity contribution in [1.82, 2.24) is 10.2 Å². The van der Waals surface area contributed by atoms with Gasteiger partial charge in [-0.3, -0.25) is 15.2 Å². The molecular formula is C10H9ClN4O2. The highest BCUT2D eigenvalue weighted by atomic mass is 35.5. The molecule has 0 atom stereocenters. The maximum Gasteiger partial charge on any atom is 0.288 e. The normalized spacial score (nSPS) is 10.2. The van der Waals surface area contributed by atoms with E-state index in [0.717, 1.165) is 11.4 Å². The zero-order chi connectivity index (χ0) is 12.3. The lowest BCUT2D eigenvalue weighted by Gasteiger charge is -2.05.